The normalized spacial score (nSPS) is 12.8. The number of ether oxygens (including phenoxy) is 3. The third kappa shape index (κ3) is 3.84. The maximum absolute atomic E-state index is 12.3. The molecule has 3 rings (SSSR count). The van der Waals surface area contributed by atoms with Gasteiger partial charge < -0.3 is 14.2 Å². The molecule has 0 spiro atoms. The van der Waals surface area contributed by atoms with Crippen LogP contribution in [0, 0.1) is 0 Å². The van der Waals surface area contributed by atoms with E-state index in [1.165, 1.54) is 0 Å². The van der Waals surface area contributed by atoms with E-state index in [0.29, 0.717) is 36.9 Å². The van der Waals surface area contributed by atoms with Gasteiger partial charge >= 0.3 is 0 Å². The lowest BCUT2D eigenvalue weighted by Crippen LogP contribution is -2.15. The van der Waals surface area contributed by atoms with E-state index in [-0.39, 0.29) is 5.78 Å². The summed E-state index contributed by atoms with van der Waals surface area (Å²) in [6, 6.07) is 12.7. The molecule has 0 unspecified atom stereocenters. The quantitative estimate of drug-likeness (QED) is 0.459. The van der Waals surface area contributed by atoms with E-state index in [0.717, 1.165) is 11.3 Å². The Morgan fingerprint density at radius 3 is 2.58 bits per heavy atom. The second-order valence-corrected chi connectivity index (χ2v) is 5.22. The van der Waals surface area contributed by atoms with Crippen molar-refractivity contribution in [2.75, 3.05) is 19.8 Å². The molecule has 122 valence electrons. The van der Waals surface area contributed by atoms with Crippen LogP contribution in [0.3, 0.4) is 0 Å². The first-order valence-electron chi connectivity index (χ1n) is 7.72. The molecule has 2 aromatic rings. The summed E-state index contributed by atoms with van der Waals surface area (Å²) in [5, 5.41) is 0. The van der Waals surface area contributed by atoms with Crippen LogP contribution in [-0.4, -0.2) is 25.6 Å². The lowest BCUT2D eigenvalue weighted by Gasteiger charge is -2.18. The fourth-order valence-electron chi connectivity index (χ4n) is 2.30. The van der Waals surface area contributed by atoms with Crippen LogP contribution in [-0.2, 0) is 0 Å². The van der Waals surface area contributed by atoms with Crippen molar-refractivity contribution in [1.82, 2.24) is 0 Å². The largest absolute Gasteiger partial charge is 0.490 e. The van der Waals surface area contributed by atoms with Crippen LogP contribution in [0.1, 0.15) is 15.9 Å². The summed E-state index contributed by atoms with van der Waals surface area (Å²) in [4.78, 5) is 12.3. The number of rotatable bonds is 6. The Hall–Kier alpha value is -3.01. The number of carbonyl (C=O) groups is 1. The Labute approximate surface area is 141 Å². The summed E-state index contributed by atoms with van der Waals surface area (Å²) in [5.41, 5.74) is 1.49. The average molecular weight is 322 g/mol. The van der Waals surface area contributed by atoms with Gasteiger partial charge in [-0.3, -0.25) is 4.79 Å². The SMILES string of the molecule is C=CCOc1ccc(C=CC(=O)c2ccc3c(c2)OCCO3)cc1. The number of hydrogen-bond acceptors (Lipinski definition) is 4. The van der Waals surface area contributed by atoms with Crippen LogP contribution in [0.2, 0.25) is 0 Å². The smallest absolute Gasteiger partial charge is 0.185 e. The van der Waals surface area contributed by atoms with Gasteiger partial charge in [-0.2, -0.15) is 0 Å². The predicted molar refractivity (Wildman–Crippen MR) is 92.9 cm³/mol. The zero-order valence-corrected chi connectivity index (χ0v) is 13.2. The van der Waals surface area contributed by atoms with Crippen molar-refractivity contribution in [3.63, 3.8) is 0 Å². The van der Waals surface area contributed by atoms with E-state index < -0.39 is 0 Å². The Kier molecular flexibility index (Phi) is 4.96. The van der Waals surface area contributed by atoms with Crippen molar-refractivity contribution in [2.24, 2.45) is 0 Å². The van der Waals surface area contributed by atoms with Crippen LogP contribution in [0.4, 0.5) is 0 Å². The maximum atomic E-state index is 12.3. The van der Waals surface area contributed by atoms with Gasteiger partial charge in [0.05, 0.1) is 0 Å². The fourth-order valence-corrected chi connectivity index (χ4v) is 2.30. The van der Waals surface area contributed by atoms with Crippen LogP contribution in [0.5, 0.6) is 17.2 Å². The molecule has 0 amide bonds. The molecule has 0 N–H and O–H groups in total. The van der Waals surface area contributed by atoms with Crippen LogP contribution in [0.15, 0.2) is 61.2 Å². The highest BCUT2D eigenvalue weighted by atomic mass is 16.6. The number of hydrogen-bond donors (Lipinski definition) is 0. The molecule has 1 aliphatic heterocycles. The first-order valence-corrected chi connectivity index (χ1v) is 7.72. The third-order valence-electron chi connectivity index (χ3n) is 3.50. The van der Waals surface area contributed by atoms with Crippen molar-refractivity contribution >= 4 is 11.9 Å². The Morgan fingerprint density at radius 2 is 1.83 bits per heavy atom. The minimum absolute atomic E-state index is 0.0843. The summed E-state index contributed by atoms with van der Waals surface area (Å²) in [7, 11) is 0. The van der Waals surface area contributed by atoms with E-state index in [9.17, 15) is 4.79 Å². The van der Waals surface area contributed by atoms with Crippen molar-refractivity contribution in [1.29, 1.82) is 0 Å². The number of carbonyl (C=O) groups excluding carboxylic acids is 1. The maximum Gasteiger partial charge on any atom is 0.185 e. The first-order chi connectivity index (χ1) is 11.8. The molecule has 0 fully saturated rings. The summed E-state index contributed by atoms with van der Waals surface area (Å²) in [5.74, 6) is 1.98. The first kappa shape index (κ1) is 15.9. The Bertz CT molecular complexity index is 760. The van der Waals surface area contributed by atoms with Gasteiger partial charge in [-0.05, 0) is 42.0 Å². The molecule has 1 heterocycles. The minimum atomic E-state index is -0.0843. The average Bonchev–Trinajstić information content (AvgIpc) is 2.65. The molecule has 4 nitrogen and oxygen atoms in total. The summed E-state index contributed by atoms with van der Waals surface area (Å²) < 4.78 is 16.4. The van der Waals surface area contributed by atoms with Crippen LogP contribution in [0.25, 0.3) is 6.08 Å². The van der Waals surface area contributed by atoms with Gasteiger partial charge in [0.1, 0.15) is 25.6 Å². The lowest BCUT2D eigenvalue weighted by atomic mass is 10.1. The van der Waals surface area contributed by atoms with Crippen molar-refractivity contribution in [2.45, 2.75) is 0 Å². The van der Waals surface area contributed by atoms with Crippen LogP contribution >= 0.6 is 0 Å². The van der Waals surface area contributed by atoms with E-state index in [4.69, 9.17) is 14.2 Å². The van der Waals surface area contributed by atoms with Crippen LogP contribution < -0.4 is 14.2 Å². The summed E-state index contributed by atoms with van der Waals surface area (Å²) in [6.45, 7) is 5.11. The van der Waals surface area contributed by atoms with Gasteiger partial charge in [0.25, 0.3) is 0 Å². The highest BCUT2D eigenvalue weighted by Gasteiger charge is 2.13. The number of fused-ring (bicyclic) bond motifs is 1. The van der Waals surface area contributed by atoms with Crippen molar-refractivity contribution in [3.8, 4) is 17.2 Å². The third-order valence-corrected chi connectivity index (χ3v) is 3.50. The molecule has 0 aromatic heterocycles. The molecule has 4 heteroatoms. The van der Waals surface area contributed by atoms with Gasteiger partial charge in [0.2, 0.25) is 0 Å². The molecular weight excluding hydrogens is 304 g/mol. The summed E-state index contributed by atoms with van der Waals surface area (Å²) in [6.07, 6.45) is 5.02. The highest BCUT2D eigenvalue weighted by molar-refractivity contribution is 6.07. The molecule has 0 aliphatic carbocycles. The number of benzene rings is 2. The number of allylic oxidation sites excluding steroid dienone is 1. The van der Waals surface area contributed by atoms with Gasteiger partial charge in [-0.25, -0.2) is 0 Å². The number of ketones is 1. The van der Waals surface area contributed by atoms with Crippen molar-refractivity contribution in [3.05, 3.63) is 72.3 Å². The van der Waals surface area contributed by atoms with Gasteiger partial charge in [-0.15, -0.1) is 0 Å². The zero-order chi connectivity index (χ0) is 16.8. The van der Waals surface area contributed by atoms with E-state index >= 15 is 0 Å². The molecule has 0 saturated carbocycles. The topological polar surface area (TPSA) is 44.8 Å². The van der Waals surface area contributed by atoms with E-state index in [1.54, 1.807) is 36.4 Å². The van der Waals surface area contributed by atoms with Gasteiger partial charge in [-0.1, -0.05) is 30.9 Å². The van der Waals surface area contributed by atoms with Gasteiger partial charge in [0.15, 0.2) is 17.3 Å². The molecular formula is C20H18O4. The second kappa shape index (κ2) is 7.51. The molecule has 0 saturated heterocycles. The second-order valence-electron chi connectivity index (χ2n) is 5.22. The zero-order valence-electron chi connectivity index (χ0n) is 13.2. The van der Waals surface area contributed by atoms with E-state index in [1.807, 2.05) is 24.3 Å². The molecule has 2 aromatic carbocycles. The molecule has 0 atom stereocenters. The highest BCUT2D eigenvalue weighted by Crippen LogP contribution is 2.31. The monoisotopic (exact) mass is 322 g/mol. The van der Waals surface area contributed by atoms with Crippen molar-refractivity contribution < 1.29 is 19.0 Å². The minimum Gasteiger partial charge on any atom is -0.490 e. The predicted octanol–water partition coefficient (Wildman–Crippen LogP) is 3.92. The molecule has 24 heavy (non-hydrogen) atoms. The summed E-state index contributed by atoms with van der Waals surface area (Å²) >= 11 is 0. The molecule has 0 radical (unpaired) electrons. The standard InChI is InChI=1S/C20H18O4/c1-2-11-22-17-7-3-15(4-8-17)5-9-18(21)16-6-10-19-20(14-16)24-13-12-23-19/h2-10,14H,1,11-13H2. The van der Waals surface area contributed by atoms with Gasteiger partial charge in [0, 0.05) is 5.56 Å². The fraction of sp³-hybridized carbons (Fsp3) is 0.150. The molecule has 1 aliphatic rings. The Balaban J connectivity index is 1.67. The Morgan fingerprint density at radius 1 is 1.08 bits per heavy atom. The molecule has 0 bridgehead atoms. The van der Waals surface area contributed by atoms with E-state index in [2.05, 4.69) is 6.58 Å². The lowest BCUT2D eigenvalue weighted by molar-refractivity contribution is 0.104.